The first-order valence-corrected chi connectivity index (χ1v) is 9.17. The fourth-order valence-corrected chi connectivity index (χ4v) is 3.20. The Kier molecular flexibility index (Phi) is 3.63. The molecule has 1 unspecified atom stereocenters. The number of fused-ring (bicyclic) bond motifs is 1. The van der Waals surface area contributed by atoms with E-state index in [1.807, 2.05) is 16.7 Å². The van der Waals surface area contributed by atoms with Crippen LogP contribution in [0.5, 0.6) is 0 Å². The summed E-state index contributed by atoms with van der Waals surface area (Å²) in [6, 6.07) is 7.67. The summed E-state index contributed by atoms with van der Waals surface area (Å²) in [5, 5.41) is 1.15. The molecule has 0 radical (unpaired) electrons. The van der Waals surface area contributed by atoms with E-state index in [1.165, 1.54) is 5.69 Å². The predicted molar refractivity (Wildman–Crippen MR) is 91.3 cm³/mol. The molecule has 0 amide bonds. The molecular formula is C15H14ClN5OS. The Morgan fingerprint density at radius 1 is 1.35 bits per heavy atom. The standard InChI is InChI=1S/C15H14ClN5OS/c1-23(22)20-12-3-2-4-13(18-12)21-11(9-5-6-9)7-10-8-17-15(16)19-14(10)21/h2-4,7-9H,5-6H2,1H3,(H,18,20). The minimum absolute atomic E-state index is 0.211. The summed E-state index contributed by atoms with van der Waals surface area (Å²) in [4.78, 5) is 13.0. The molecule has 0 aromatic carbocycles. The van der Waals surface area contributed by atoms with Crippen molar-refractivity contribution < 1.29 is 4.55 Å². The zero-order valence-corrected chi connectivity index (χ0v) is 13.9. The molecular weight excluding hydrogens is 334 g/mol. The van der Waals surface area contributed by atoms with Gasteiger partial charge in [-0.25, -0.2) is 9.97 Å². The van der Waals surface area contributed by atoms with E-state index in [1.54, 1.807) is 18.5 Å². The first-order chi connectivity index (χ1) is 11.1. The van der Waals surface area contributed by atoms with Crippen LogP contribution >= 0.6 is 11.6 Å². The van der Waals surface area contributed by atoms with Crippen LogP contribution < -0.4 is 4.72 Å². The fourth-order valence-electron chi connectivity index (χ4n) is 2.66. The minimum atomic E-state index is -1.17. The molecule has 1 aliphatic carbocycles. The maximum Gasteiger partial charge on any atom is 0.224 e. The summed E-state index contributed by atoms with van der Waals surface area (Å²) in [5.41, 5.74) is 1.91. The van der Waals surface area contributed by atoms with E-state index >= 15 is 0 Å². The van der Waals surface area contributed by atoms with Gasteiger partial charge in [-0.3, -0.25) is 4.57 Å². The van der Waals surface area contributed by atoms with Gasteiger partial charge in [0.1, 0.15) is 12.1 Å². The van der Waals surface area contributed by atoms with E-state index in [-0.39, 0.29) is 5.28 Å². The van der Waals surface area contributed by atoms with Crippen LogP contribution in [0.25, 0.3) is 16.9 Å². The highest BCUT2D eigenvalue weighted by Crippen LogP contribution is 2.43. The average molecular weight is 348 g/mol. The van der Waals surface area contributed by atoms with Gasteiger partial charge in [0.2, 0.25) is 5.28 Å². The molecule has 1 N–H and O–H groups in total. The van der Waals surface area contributed by atoms with Crippen LogP contribution in [0, 0.1) is 0 Å². The number of hydrogen-bond acceptors (Lipinski definition) is 5. The van der Waals surface area contributed by atoms with Gasteiger partial charge >= 0.3 is 0 Å². The van der Waals surface area contributed by atoms with Crippen molar-refractivity contribution in [3.63, 3.8) is 0 Å². The highest BCUT2D eigenvalue weighted by molar-refractivity contribution is 7.92. The van der Waals surface area contributed by atoms with Gasteiger partial charge in [-0.15, -0.1) is 0 Å². The molecule has 118 valence electrons. The molecule has 0 aliphatic heterocycles. The second kappa shape index (κ2) is 5.67. The molecule has 4 rings (SSSR count). The van der Waals surface area contributed by atoms with Crippen molar-refractivity contribution in [3.8, 4) is 5.82 Å². The van der Waals surface area contributed by atoms with E-state index in [4.69, 9.17) is 11.6 Å². The van der Waals surface area contributed by atoms with Gasteiger partial charge in [-0.05, 0) is 48.6 Å². The third-order valence-electron chi connectivity index (χ3n) is 3.75. The molecule has 1 fully saturated rings. The predicted octanol–water partition coefficient (Wildman–Crippen LogP) is 3.05. The monoisotopic (exact) mass is 347 g/mol. The van der Waals surface area contributed by atoms with Crippen LogP contribution in [-0.2, 0) is 11.4 Å². The SMILES string of the molecule is C[S+]([O-])Nc1cccc(-n2c(C3CC3)cc3cnc(Cl)nc32)n1. The molecule has 0 saturated heterocycles. The zero-order chi connectivity index (χ0) is 16.0. The van der Waals surface area contributed by atoms with E-state index in [0.29, 0.717) is 11.7 Å². The highest BCUT2D eigenvalue weighted by atomic mass is 35.5. The number of anilines is 1. The fraction of sp³-hybridized carbons (Fsp3) is 0.267. The van der Waals surface area contributed by atoms with Gasteiger partial charge in [0, 0.05) is 17.3 Å². The Morgan fingerprint density at radius 2 is 2.17 bits per heavy atom. The lowest BCUT2D eigenvalue weighted by Crippen LogP contribution is -2.12. The quantitative estimate of drug-likeness (QED) is 0.579. The second-order valence-corrected chi connectivity index (χ2v) is 6.98. The lowest BCUT2D eigenvalue weighted by atomic mass is 10.3. The maximum absolute atomic E-state index is 11.4. The summed E-state index contributed by atoms with van der Waals surface area (Å²) < 4.78 is 16.2. The summed E-state index contributed by atoms with van der Waals surface area (Å²) in [6.07, 6.45) is 5.63. The van der Waals surface area contributed by atoms with Crippen LogP contribution in [-0.4, -0.2) is 30.3 Å². The highest BCUT2D eigenvalue weighted by Gasteiger charge is 2.29. The Balaban J connectivity index is 1.90. The Morgan fingerprint density at radius 3 is 2.91 bits per heavy atom. The van der Waals surface area contributed by atoms with Crippen molar-refractivity contribution in [2.24, 2.45) is 0 Å². The first kappa shape index (κ1) is 14.7. The van der Waals surface area contributed by atoms with Crippen LogP contribution in [0.4, 0.5) is 5.82 Å². The number of rotatable bonds is 4. The molecule has 1 saturated carbocycles. The number of hydrogen-bond donors (Lipinski definition) is 1. The van der Waals surface area contributed by atoms with Crippen molar-refractivity contribution in [1.82, 2.24) is 19.5 Å². The molecule has 3 aromatic rings. The lowest BCUT2D eigenvalue weighted by molar-refractivity contribution is 0.605. The summed E-state index contributed by atoms with van der Waals surface area (Å²) in [7, 11) is 0. The first-order valence-electron chi connectivity index (χ1n) is 7.23. The number of pyridine rings is 1. The molecule has 8 heteroatoms. The normalized spacial score (nSPS) is 15.8. The number of nitrogens with one attached hydrogen (secondary N) is 1. The minimum Gasteiger partial charge on any atom is -0.593 e. The second-order valence-electron chi connectivity index (χ2n) is 5.53. The van der Waals surface area contributed by atoms with Gasteiger partial charge in [0.05, 0.1) is 11.4 Å². The molecule has 6 nitrogen and oxygen atoms in total. The molecule has 1 aliphatic rings. The largest absolute Gasteiger partial charge is 0.593 e. The van der Waals surface area contributed by atoms with Crippen LogP contribution in [0.1, 0.15) is 24.5 Å². The van der Waals surface area contributed by atoms with E-state index in [0.717, 1.165) is 29.7 Å². The van der Waals surface area contributed by atoms with E-state index < -0.39 is 11.4 Å². The van der Waals surface area contributed by atoms with Crippen LogP contribution in [0.2, 0.25) is 5.28 Å². The van der Waals surface area contributed by atoms with Crippen molar-refractivity contribution >= 4 is 39.8 Å². The van der Waals surface area contributed by atoms with Crippen molar-refractivity contribution in [3.05, 3.63) is 41.4 Å². The van der Waals surface area contributed by atoms with Crippen LogP contribution in [0.3, 0.4) is 0 Å². The average Bonchev–Trinajstić information content (AvgIpc) is 3.28. The molecule has 0 spiro atoms. The molecule has 0 bridgehead atoms. The topological polar surface area (TPSA) is 78.7 Å². The van der Waals surface area contributed by atoms with Gasteiger partial charge < -0.3 is 4.55 Å². The molecule has 1 atom stereocenters. The Labute approximate surface area is 141 Å². The van der Waals surface area contributed by atoms with Crippen LogP contribution in [0.15, 0.2) is 30.5 Å². The third-order valence-corrected chi connectivity index (χ3v) is 4.43. The molecule has 3 aromatic heterocycles. The zero-order valence-electron chi connectivity index (χ0n) is 12.4. The summed E-state index contributed by atoms with van der Waals surface area (Å²) in [5.74, 6) is 1.81. The van der Waals surface area contributed by atoms with E-state index in [2.05, 4.69) is 25.7 Å². The van der Waals surface area contributed by atoms with Crippen molar-refractivity contribution in [2.45, 2.75) is 18.8 Å². The van der Waals surface area contributed by atoms with Crippen molar-refractivity contribution in [2.75, 3.05) is 11.0 Å². The molecule has 3 heterocycles. The Hall–Kier alpha value is -1.83. The van der Waals surface area contributed by atoms with Gasteiger partial charge in [-0.2, -0.15) is 9.71 Å². The summed E-state index contributed by atoms with van der Waals surface area (Å²) in [6.45, 7) is 0. The lowest BCUT2D eigenvalue weighted by Gasteiger charge is -2.11. The number of aromatic nitrogens is 4. The Bertz CT molecular complexity index is 877. The molecule has 23 heavy (non-hydrogen) atoms. The van der Waals surface area contributed by atoms with Gasteiger partial charge in [-0.1, -0.05) is 6.07 Å². The van der Waals surface area contributed by atoms with E-state index in [9.17, 15) is 4.55 Å². The smallest absolute Gasteiger partial charge is 0.224 e. The van der Waals surface area contributed by atoms with Gasteiger partial charge in [0.25, 0.3) is 0 Å². The third kappa shape index (κ3) is 2.87. The number of halogens is 1. The number of nitrogens with zero attached hydrogens (tertiary/aromatic N) is 4. The van der Waals surface area contributed by atoms with Crippen molar-refractivity contribution in [1.29, 1.82) is 0 Å². The summed E-state index contributed by atoms with van der Waals surface area (Å²) >= 11 is 4.80. The van der Waals surface area contributed by atoms with Gasteiger partial charge in [0.15, 0.2) is 11.5 Å². The maximum atomic E-state index is 11.4.